The Morgan fingerprint density at radius 1 is 1.00 bits per heavy atom. The van der Waals surface area contributed by atoms with Crippen LogP contribution in [0.4, 0.5) is 5.69 Å². The van der Waals surface area contributed by atoms with E-state index in [-0.39, 0.29) is 17.2 Å². The van der Waals surface area contributed by atoms with Crippen LogP contribution in [-0.2, 0) is 4.79 Å². The van der Waals surface area contributed by atoms with E-state index in [2.05, 4.69) is 22.4 Å². The fraction of sp³-hybridized carbons (Fsp3) is 0.240. The molecule has 0 spiro atoms. The fourth-order valence-corrected chi connectivity index (χ4v) is 4.69. The maximum Gasteiger partial charge on any atom is 0.283 e. The van der Waals surface area contributed by atoms with Crippen LogP contribution >= 0.6 is 11.8 Å². The van der Waals surface area contributed by atoms with Crippen LogP contribution in [0.25, 0.3) is 16.7 Å². The lowest BCUT2D eigenvalue weighted by Gasteiger charge is -2.14. The Balaban J connectivity index is 1.66. The van der Waals surface area contributed by atoms with Crippen molar-refractivity contribution in [2.75, 3.05) is 11.1 Å². The van der Waals surface area contributed by atoms with Crippen LogP contribution in [-0.4, -0.2) is 26.2 Å². The number of nitrogens with zero attached hydrogens (tertiary/aromatic N) is 2. The summed E-state index contributed by atoms with van der Waals surface area (Å²) in [4.78, 5) is 33.9. The van der Waals surface area contributed by atoms with Crippen LogP contribution in [0.5, 0.6) is 0 Å². The van der Waals surface area contributed by atoms with E-state index in [1.165, 1.54) is 11.8 Å². The minimum absolute atomic E-state index is 0.139. The molecule has 2 N–H and O–H groups in total. The molecule has 0 radical (unpaired) electrons. The minimum atomic E-state index is -0.180. The average molecular weight is 447 g/mol. The van der Waals surface area contributed by atoms with Crippen LogP contribution in [0.1, 0.15) is 27.9 Å². The quantitative estimate of drug-likeness (QED) is 0.334. The molecule has 2 heterocycles. The zero-order valence-electron chi connectivity index (χ0n) is 18.9. The second-order valence-corrected chi connectivity index (χ2v) is 9.14. The van der Waals surface area contributed by atoms with Gasteiger partial charge in [0, 0.05) is 11.4 Å². The predicted octanol–water partition coefficient (Wildman–Crippen LogP) is 4.99. The molecule has 1 amide bonds. The van der Waals surface area contributed by atoms with E-state index in [9.17, 15) is 9.59 Å². The summed E-state index contributed by atoms with van der Waals surface area (Å²) in [6.07, 6.45) is 0. The number of hydrogen-bond acceptors (Lipinski definition) is 4. The van der Waals surface area contributed by atoms with Crippen molar-refractivity contribution in [1.82, 2.24) is 14.5 Å². The molecule has 0 atom stereocenters. The smallest absolute Gasteiger partial charge is 0.283 e. The van der Waals surface area contributed by atoms with Crippen molar-refractivity contribution in [2.24, 2.45) is 0 Å². The first-order valence-electron chi connectivity index (χ1n) is 10.4. The number of amides is 1. The third-order valence-corrected chi connectivity index (χ3v) is 6.26. The number of benzene rings is 2. The number of aromatic nitrogens is 3. The summed E-state index contributed by atoms with van der Waals surface area (Å²) in [5.41, 5.74) is 7.62. The monoisotopic (exact) mass is 446 g/mol. The molecule has 0 saturated carbocycles. The molecule has 0 bridgehead atoms. The van der Waals surface area contributed by atoms with Crippen molar-refractivity contribution in [1.29, 1.82) is 0 Å². The number of fused-ring (bicyclic) bond motifs is 1. The predicted molar refractivity (Wildman–Crippen MR) is 131 cm³/mol. The van der Waals surface area contributed by atoms with Gasteiger partial charge in [0.1, 0.15) is 5.52 Å². The van der Waals surface area contributed by atoms with E-state index in [0.717, 1.165) is 39.3 Å². The average Bonchev–Trinajstić information content (AvgIpc) is 3.11. The molecular weight excluding hydrogens is 420 g/mol. The summed E-state index contributed by atoms with van der Waals surface area (Å²) in [5, 5.41) is 3.50. The molecular formula is C25H26N4O2S. The second kappa shape index (κ2) is 8.67. The van der Waals surface area contributed by atoms with E-state index in [0.29, 0.717) is 16.2 Å². The normalized spacial score (nSPS) is 11.2. The molecule has 0 fully saturated rings. The highest BCUT2D eigenvalue weighted by Gasteiger charge is 2.17. The topological polar surface area (TPSA) is 79.8 Å². The van der Waals surface area contributed by atoms with Crippen molar-refractivity contribution in [2.45, 2.75) is 39.8 Å². The van der Waals surface area contributed by atoms with Gasteiger partial charge in [-0.1, -0.05) is 47.2 Å². The molecule has 0 aliphatic heterocycles. The van der Waals surface area contributed by atoms with Crippen molar-refractivity contribution >= 4 is 34.4 Å². The molecule has 2 aromatic heterocycles. The first-order valence-corrected chi connectivity index (χ1v) is 11.4. The van der Waals surface area contributed by atoms with E-state index >= 15 is 0 Å². The van der Waals surface area contributed by atoms with Crippen molar-refractivity contribution in [3.63, 3.8) is 0 Å². The number of hydrogen-bond donors (Lipinski definition) is 2. The van der Waals surface area contributed by atoms with Gasteiger partial charge in [-0.15, -0.1) is 0 Å². The molecule has 0 aliphatic carbocycles. The Labute approximate surface area is 191 Å². The number of thioether (sulfide) groups is 1. The Hall–Kier alpha value is -3.32. The van der Waals surface area contributed by atoms with Gasteiger partial charge in [-0.2, -0.15) is 0 Å². The van der Waals surface area contributed by atoms with Crippen LogP contribution < -0.4 is 10.9 Å². The maximum atomic E-state index is 13.3. The number of rotatable bonds is 5. The SMILES string of the molecule is Cc1ccc(-n2c(SCC(=O)Nc3c(C)cc(C)cc3C)nc3cc(C)[nH]c3c2=O)cc1. The summed E-state index contributed by atoms with van der Waals surface area (Å²) < 4.78 is 1.57. The lowest BCUT2D eigenvalue weighted by molar-refractivity contribution is -0.113. The van der Waals surface area contributed by atoms with E-state index in [1.807, 2.05) is 65.0 Å². The van der Waals surface area contributed by atoms with Crippen LogP contribution in [0, 0.1) is 34.6 Å². The number of aryl methyl sites for hydroxylation is 5. The van der Waals surface area contributed by atoms with E-state index in [1.54, 1.807) is 4.57 Å². The van der Waals surface area contributed by atoms with E-state index in [4.69, 9.17) is 4.98 Å². The standard InChI is InChI=1S/C25H26N4O2S/c1-14-6-8-19(9-7-14)29-24(31)23-20(12-18(5)26-23)27-25(29)32-13-21(30)28-22-16(3)10-15(2)11-17(22)4/h6-12,26H,13H2,1-5H3,(H,28,30). The summed E-state index contributed by atoms with van der Waals surface area (Å²) in [7, 11) is 0. The molecule has 7 heteroatoms. The van der Waals surface area contributed by atoms with Crippen LogP contribution in [0.2, 0.25) is 0 Å². The van der Waals surface area contributed by atoms with Gasteiger partial charge in [0.15, 0.2) is 5.16 Å². The molecule has 4 aromatic rings. The highest BCUT2D eigenvalue weighted by atomic mass is 32.2. The molecule has 164 valence electrons. The van der Waals surface area contributed by atoms with E-state index < -0.39 is 0 Å². The number of anilines is 1. The summed E-state index contributed by atoms with van der Waals surface area (Å²) in [5.74, 6) is 0.0000662. The van der Waals surface area contributed by atoms with Gasteiger partial charge in [-0.3, -0.25) is 14.2 Å². The first-order chi connectivity index (χ1) is 15.2. The third-order valence-electron chi connectivity index (χ3n) is 5.32. The lowest BCUT2D eigenvalue weighted by Crippen LogP contribution is -2.23. The number of H-pyrrole nitrogens is 1. The molecule has 4 rings (SSSR count). The molecule has 0 unspecified atom stereocenters. The molecule has 6 nitrogen and oxygen atoms in total. The second-order valence-electron chi connectivity index (χ2n) is 8.19. The van der Waals surface area contributed by atoms with Gasteiger partial charge in [-0.05, 0) is 63.9 Å². The number of carbonyl (C=O) groups is 1. The van der Waals surface area contributed by atoms with Gasteiger partial charge in [0.25, 0.3) is 5.56 Å². The number of nitrogens with one attached hydrogen (secondary N) is 2. The van der Waals surface area contributed by atoms with Crippen LogP contribution in [0.15, 0.2) is 52.4 Å². The zero-order valence-corrected chi connectivity index (χ0v) is 19.7. The summed E-state index contributed by atoms with van der Waals surface area (Å²) >= 11 is 1.25. The lowest BCUT2D eigenvalue weighted by atomic mass is 10.1. The summed E-state index contributed by atoms with van der Waals surface area (Å²) in [6, 6.07) is 13.6. The minimum Gasteiger partial charge on any atom is -0.353 e. The largest absolute Gasteiger partial charge is 0.353 e. The highest BCUT2D eigenvalue weighted by Crippen LogP contribution is 2.25. The molecule has 2 aromatic carbocycles. The molecule has 0 saturated heterocycles. The Morgan fingerprint density at radius 3 is 2.31 bits per heavy atom. The fourth-order valence-electron chi connectivity index (χ4n) is 3.88. The zero-order chi connectivity index (χ0) is 23.0. The van der Waals surface area contributed by atoms with Crippen molar-refractivity contribution in [3.05, 3.63) is 80.8 Å². The number of aromatic amines is 1. The molecule has 0 aliphatic rings. The van der Waals surface area contributed by atoms with Gasteiger partial charge >= 0.3 is 0 Å². The highest BCUT2D eigenvalue weighted by molar-refractivity contribution is 7.99. The van der Waals surface area contributed by atoms with Gasteiger partial charge in [-0.25, -0.2) is 4.98 Å². The Kier molecular flexibility index (Phi) is 5.93. The van der Waals surface area contributed by atoms with Gasteiger partial charge < -0.3 is 10.3 Å². The first kappa shape index (κ1) is 21.9. The maximum absolute atomic E-state index is 13.3. The van der Waals surface area contributed by atoms with Gasteiger partial charge in [0.05, 0.1) is 17.0 Å². The van der Waals surface area contributed by atoms with Crippen molar-refractivity contribution < 1.29 is 4.79 Å². The van der Waals surface area contributed by atoms with Crippen LogP contribution in [0.3, 0.4) is 0 Å². The van der Waals surface area contributed by atoms with Gasteiger partial charge in [0.2, 0.25) is 5.91 Å². The Bertz CT molecular complexity index is 1360. The Morgan fingerprint density at radius 2 is 1.66 bits per heavy atom. The number of carbonyl (C=O) groups excluding carboxylic acids is 1. The third kappa shape index (κ3) is 4.34. The van der Waals surface area contributed by atoms with Crippen molar-refractivity contribution in [3.8, 4) is 5.69 Å². The molecule has 32 heavy (non-hydrogen) atoms. The summed E-state index contributed by atoms with van der Waals surface area (Å²) in [6.45, 7) is 9.90.